The van der Waals surface area contributed by atoms with Gasteiger partial charge in [0.1, 0.15) is 5.75 Å². The number of likely N-dealkylation sites (N-methyl/N-ethyl adjacent to an activating group) is 1. The number of nitrogens with one attached hydrogen (secondary N) is 1. The molecule has 0 spiro atoms. The Morgan fingerprint density at radius 2 is 2.05 bits per heavy atom. The van der Waals surface area contributed by atoms with E-state index in [2.05, 4.69) is 4.72 Å². The summed E-state index contributed by atoms with van der Waals surface area (Å²) in [4.78, 5) is 12.9. The quantitative estimate of drug-likeness (QED) is 0.722. The highest BCUT2D eigenvalue weighted by Gasteiger charge is 2.15. The lowest BCUT2D eigenvalue weighted by Gasteiger charge is -2.13. The molecular weight excluding hydrogens is 296 g/mol. The maximum atomic E-state index is 11.9. The normalized spacial score (nSPS) is 11.2. The van der Waals surface area contributed by atoms with Crippen LogP contribution in [0.3, 0.4) is 0 Å². The highest BCUT2D eigenvalue weighted by Crippen LogP contribution is 2.21. The Kier molecular flexibility index (Phi) is 6.13. The van der Waals surface area contributed by atoms with Crippen LogP contribution in [-0.2, 0) is 14.8 Å². The number of hydrogen-bond acceptors (Lipinski definition) is 5. The Morgan fingerprint density at radius 1 is 1.38 bits per heavy atom. The maximum Gasteiger partial charge on any atom is 0.259 e. The van der Waals surface area contributed by atoms with Gasteiger partial charge < -0.3 is 14.7 Å². The Morgan fingerprint density at radius 3 is 2.57 bits per heavy atom. The summed E-state index contributed by atoms with van der Waals surface area (Å²) in [5.74, 6) is 0.266. The van der Waals surface area contributed by atoms with Crippen LogP contribution in [0, 0.1) is 6.92 Å². The first kappa shape index (κ1) is 17.4. The maximum absolute atomic E-state index is 11.9. The lowest BCUT2D eigenvalue weighted by atomic mass is 10.2. The molecule has 0 aromatic heterocycles. The molecule has 1 aromatic rings. The molecule has 1 amide bonds. The summed E-state index contributed by atoms with van der Waals surface area (Å²) in [6.45, 7) is 1.27. The molecule has 1 rings (SSSR count). The third kappa shape index (κ3) is 5.00. The molecule has 0 aliphatic rings. The summed E-state index contributed by atoms with van der Waals surface area (Å²) in [7, 11) is -0.395. The first-order valence-corrected chi connectivity index (χ1v) is 7.80. The van der Waals surface area contributed by atoms with Crippen LogP contribution in [0.2, 0.25) is 0 Å². The van der Waals surface area contributed by atoms with Gasteiger partial charge in [-0.25, -0.2) is 13.1 Å². The van der Waals surface area contributed by atoms with Crippen molar-refractivity contribution in [1.29, 1.82) is 0 Å². The summed E-state index contributed by atoms with van der Waals surface area (Å²) in [6, 6.07) is 4.35. The van der Waals surface area contributed by atoms with E-state index in [4.69, 9.17) is 9.84 Å². The average Bonchev–Trinajstić information content (AvgIpc) is 2.43. The molecule has 8 heteroatoms. The summed E-state index contributed by atoms with van der Waals surface area (Å²) >= 11 is 0. The zero-order valence-corrected chi connectivity index (χ0v) is 13.1. The van der Waals surface area contributed by atoms with E-state index in [0.29, 0.717) is 11.3 Å². The minimum Gasteiger partial charge on any atom is -0.483 e. The van der Waals surface area contributed by atoms with Gasteiger partial charge in [0.15, 0.2) is 6.61 Å². The van der Waals surface area contributed by atoms with E-state index < -0.39 is 10.0 Å². The monoisotopic (exact) mass is 316 g/mol. The van der Waals surface area contributed by atoms with Crippen LogP contribution in [0.5, 0.6) is 5.75 Å². The SMILES string of the molecule is Cc1cc(S(=O)(=O)NCCO)ccc1OCC(=O)N(C)C. The number of benzene rings is 1. The highest BCUT2D eigenvalue weighted by atomic mass is 32.2. The number of rotatable bonds is 7. The molecule has 0 fully saturated rings. The fourth-order valence-electron chi connectivity index (χ4n) is 1.48. The van der Waals surface area contributed by atoms with Gasteiger partial charge in [-0.15, -0.1) is 0 Å². The molecule has 0 bridgehead atoms. The third-order valence-corrected chi connectivity index (χ3v) is 4.17. The molecule has 1 aromatic carbocycles. The Hall–Kier alpha value is -1.64. The smallest absolute Gasteiger partial charge is 0.259 e. The molecule has 0 radical (unpaired) electrons. The van der Waals surface area contributed by atoms with Gasteiger partial charge in [-0.3, -0.25) is 4.79 Å². The fraction of sp³-hybridized carbons (Fsp3) is 0.462. The van der Waals surface area contributed by atoms with Crippen molar-refractivity contribution in [3.63, 3.8) is 0 Å². The van der Waals surface area contributed by atoms with Crippen LogP contribution < -0.4 is 9.46 Å². The number of carbonyl (C=O) groups is 1. The minimum atomic E-state index is -3.65. The second-order valence-corrected chi connectivity index (χ2v) is 6.39. The van der Waals surface area contributed by atoms with Gasteiger partial charge in [-0.1, -0.05) is 0 Å². The Balaban J connectivity index is 2.83. The van der Waals surface area contributed by atoms with Crippen LogP contribution in [0.15, 0.2) is 23.1 Å². The van der Waals surface area contributed by atoms with Gasteiger partial charge in [0, 0.05) is 20.6 Å². The van der Waals surface area contributed by atoms with Crippen molar-refractivity contribution in [2.24, 2.45) is 0 Å². The number of aliphatic hydroxyl groups excluding tert-OH is 1. The molecule has 2 N–H and O–H groups in total. The first-order chi connectivity index (χ1) is 9.77. The number of carbonyl (C=O) groups excluding carboxylic acids is 1. The summed E-state index contributed by atoms with van der Waals surface area (Å²) in [5, 5.41) is 8.66. The second kappa shape index (κ2) is 7.39. The molecule has 0 heterocycles. The van der Waals surface area contributed by atoms with Crippen molar-refractivity contribution in [2.75, 3.05) is 33.9 Å². The fourth-order valence-corrected chi connectivity index (χ4v) is 2.59. The number of amides is 1. The van der Waals surface area contributed by atoms with E-state index in [1.165, 1.54) is 23.1 Å². The van der Waals surface area contributed by atoms with Gasteiger partial charge in [0.05, 0.1) is 11.5 Å². The van der Waals surface area contributed by atoms with Crippen molar-refractivity contribution in [3.05, 3.63) is 23.8 Å². The van der Waals surface area contributed by atoms with Crippen molar-refractivity contribution >= 4 is 15.9 Å². The molecule has 118 valence electrons. The third-order valence-electron chi connectivity index (χ3n) is 2.71. The minimum absolute atomic E-state index is 0.0447. The molecule has 0 atom stereocenters. The lowest BCUT2D eigenvalue weighted by Crippen LogP contribution is -2.28. The van der Waals surface area contributed by atoms with Gasteiger partial charge in [-0.2, -0.15) is 0 Å². The largest absolute Gasteiger partial charge is 0.483 e. The molecule has 0 aliphatic carbocycles. The van der Waals surface area contributed by atoms with Gasteiger partial charge >= 0.3 is 0 Å². The Labute approximate surface area is 124 Å². The van der Waals surface area contributed by atoms with E-state index >= 15 is 0 Å². The topological polar surface area (TPSA) is 95.9 Å². The molecular formula is C13H20N2O5S. The van der Waals surface area contributed by atoms with Crippen LogP contribution >= 0.6 is 0 Å². The molecule has 0 saturated carbocycles. The predicted octanol–water partition coefficient (Wildman–Crippen LogP) is -0.267. The zero-order valence-electron chi connectivity index (χ0n) is 12.3. The second-order valence-electron chi connectivity index (χ2n) is 4.63. The summed E-state index contributed by atoms with van der Waals surface area (Å²) in [5.41, 5.74) is 0.605. The number of aliphatic hydroxyl groups is 1. The van der Waals surface area contributed by atoms with Crippen molar-refractivity contribution in [3.8, 4) is 5.75 Å². The van der Waals surface area contributed by atoms with E-state index in [-0.39, 0.29) is 30.6 Å². The lowest BCUT2D eigenvalue weighted by molar-refractivity contribution is -0.130. The number of nitrogens with zero attached hydrogens (tertiary/aromatic N) is 1. The van der Waals surface area contributed by atoms with Gasteiger partial charge in [-0.05, 0) is 30.7 Å². The summed E-state index contributed by atoms with van der Waals surface area (Å²) in [6.07, 6.45) is 0. The molecule has 0 saturated heterocycles. The molecule has 7 nitrogen and oxygen atoms in total. The number of aryl methyl sites for hydroxylation is 1. The van der Waals surface area contributed by atoms with Crippen LogP contribution in [-0.4, -0.2) is 58.2 Å². The van der Waals surface area contributed by atoms with Crippen LogP contribution in [0.4, 0.5) is 0 Å². The summed E-state index contributed by atoms with van der Waals surface area (Å²) < 4.78 is 31.4. The van der Waals surface area contributed by atoms with Gasteiger partial charge in [0.2, 0.25) is 10.0 Å². The highest BCUT2D eigenvalue weighted by molar-refractivity contribution is 7.89. The zero-order chi connectivity index (χ0) is 16.0. The number of sulfonamides is 1. The van der Waals surface area contributed by atoms with Crippen molar-refractivity contribution in [2.45, 2.75) is 11.8 Å². The van der Waals surface area contributed by atoms with Crippen molar-refractivity contribution in [1.82, 2.24) is 9.62 Å². The molecule has 0 aliphatic heterocycles. The number of hydrogen-bond donors (Lipinski definition) is 2. The van der Waals surface area contributed by atoms with E-state index in [1.54, 1.807) is 21.0 Å². The van der Waals surface area contributed by atoms with E-state index in [1.807, 2.05) is 0 Å². The van der Waals surface area contributed by atoms with Gasteiger partial charge in [0.25, 0.3) is 5.91 Å². The standard InChI is InChI=1S/C13H20N2O5S/c1-10-8-11(21(18,19)14-6-7-16)4-5-12(10)20-9-13(17)15(2)3/h4-5,8,14,16H,6-7,9H2,1-3H3. The van der Waals surface area contributed by atoms with Crippen molar-refractivity contribution < 1.29 is 23.1 Å². The predicted molar refractivity (Wildman–Crippen MR) is 77.6 cm³/mol. The molecule has 0 unspecified atom stereocenters. The van der Waals surface area contributed by atoms with Crippen LogP contribution in [0.25, 0.3) is 0 Å². The van der Waals surface area contributed by atoms with E-state index in [9.17, 15) is 13.2 Å². The molecule has 21 heavy (non-hydrogen) atoms. The first-order valence-electron chi connectivity index (χ1n) is 6.32. The number of ether oxygens (including phenoxy) is 1. The van der Waals surface area contributed by atoms with Crippen LogP contribution in [0.1, 0.15) is 5.56 Å². The van der Waals surface area contributed by atoms with E-state index in [0.717, 1.165) is 0 Å². The average molecular weight is 316 g/mol. The Bertz CT molecular complexity index is 599.